The molecule has 0 unspecified atom stereocenters. The van der Waals surface area contributed by atoms with Gasteiger partial charge in [-0.1, -0.05) is 214 Å². The second-order valence-corrected chi connectivity index (χ2v) is 20.2. The predicted octanol–water partition coefficient (Wildman–Crippen LogP) is 19.6. The number of hydrogen-bond donors (Lipinski definition) is 0. The largest absolute Gasteiger partial charge is 0.458 e. The first-order chi connectivity index (χ1) is 51.0. The molecule has 3 heterocycles. The van der Waals surface area contributed by atoms with Gasteiger partial charge in [0.25, 0.3) is 6.33 Å². The van der Waals surface area contributed by atoms with Crippen LogP contribution in [-0.2, 0) is 5.41 Å². The van der Waals surface area contributed by atoms with Crippen molar-refractivity contribution >= 4 is 32.8 Å². The van der Waals surface area contributed by atoms with Gasteiger partial charge < -0.3 is 4.74 Å². The third-order valence-electron chi connectivity index (χ3n) is 14.1. The number of imidazole rings is 1. The van der Waals surface area contributed by atoms with Gasteiger partial charge in [-0.2, -0.15) is 0 Å². The molecular formula is C77H58N4O. The number of fused-ring (bicyclic) bond motifs is 4. The fourth-order valence-corrected chi connectivity index (χ4v) is 10.2. The van der Waals surface area contributed by atoms with E-state index >= 15 is 0 Å². The minimum absolute atomic E-state index is 0.0474. The molecule has 5 nitrogen and oxygen atoms in total. The molecule has 0 saturated carbocycles. The number of benzene rings is 11. The van der Waals surface area contributed by atoms with Gasteiger partial charge in [0.2, 0.25) is 0 Å². The van der Waals surface area contributed by atoms with E-state index in [1.165, 1.54) is 18.3 Å². The summed E-state index contributed by atoms with van der Waals surface area (Å²) in [6.07, 6.45) is 4.71. The van der Waals surface area contributed by atoms with E-state index < -0.39 is 179 Å². The van der Waals surface area contributed by atoms with Crippen LogP contribution in [0, 0.1) is 13.2 Å². The molecule has 392 valence electrons. The van der Waals surface area contributed by atoms with Gasteiger partial charge in [-0.3, -0.25) is 13.7 Å². The molecule has 0 fully saturated rings. The van der Waals surface area contributed by atoms with Crippen molar-refractivity contribution in [2.75, 3.05) is 0 Å². The molecule has 14 rings (SSSR count). The van der Waals surface area contributed by atoms with Crippen molar-refractivity contribution in [2.24, 2.45) is 0 Å². The Hall–Kier alpha value is -10.4. The highest BCUT2D eigenvalue weighted by Crippen LogP contribution is 2.43. The van der Waals surface area contributed by atoms with Crippen molar-refractivity contribution in [2.45, 2.75) is 33.0 Å². The van der Waals surface area contributed by atoms with Gasteiger partial charge in [0.05, 0.1) is 65.0 Å². The van der Waals surface area contributed by atoms with Crippen LogP contribution >= 0.6 is 0 Å². The SMILES string of the molecule is [2H]c1c([2H])c([2H])c(-c2cc(-c3cccc(C(C)(C)C)c3)c(-[n+]3[c-]n(-c4cccc(Oc5ccc6c7ccccc7n(-c7cc(C([2H])([2H])[2H])c(-c8c([2H])c([2H])c([2H])c([2H])c8[2H])cn7)c6c5)c4)c4ccccc43)c(-c3c([2H])c(-c4c([2H])c([2H])c([2H])c([2H])c4[2H])c([2H])c(-c4c([2H])c([2H])c([2H])c([2H])c4[2H])c3[2H])c2)c([2H])c1[2H]. The maximum Gasteiger partial charge on any atom is 0.269 e. The molecule has 5 heteroatoms. The molecule has 0 aliphatic carbocycles. The Kier molecular flexibility index (Phi) is 7.37. The normalized spacial score (nSPS) is 16.3. The number of nitrogens with zero attached hydrogens (tertiary/aromatic N) is 4. The zero-order valence-electron chi connectivity index (χ0n) is 70.0. The molecule has 11 aromatic carbocycles. The quantitative estimate of drug-likeness (QED) is 0.0956. The molecule has 0 radical (unpaired) electrons. The average Bonchev–Trinajstić information content (AvgIpc) is 1.50. The number of aryl methyl sites for hydroxylation is 1. The van der Waals surface area contributed by atoms with Crippen LogP contribution in [0.5, 0.6) is 11.5 Å². The molecular weight excluding hydrogens is 997 g/mol. The Morgan fingerprint density at radius 1 is 0.476 bits per heavy atom. The highest BCUT2D eigenvalue weighted by molar-refractivity contribution is 6.09. The minimum Gasteiger partial charge on any atom is -0.458 e. The van der Waals surface area contributed by atoms with Crippen LogP contribution in [0.15, 0.2) is 279 Å². The van der Waals surface area contributed by atoms with E-state index in [-0.39, 0.29) is 56.2 Å². The Balaban J connectivity index is 1.03. The number of rotatable bonds is 11. The molecule has 14 aromatic rings. The number of hydrogen-bond acceptors (Lipinski definition) is 2. The van der Waals surface area contributed by atoms with E-state index in [2.05, 4.69) is 6.33 Å². The van der Waals surface area contributed by atoms with Crippen LogP contribution in [0.2, 0.25) is 0 Å². The van der Waals surface area contributed by atoms with Crippen molar-refractivity contribution in [3.05, 3.63) is 296 Å². The van der Waals surface area contributed by atoms with E-state index in [1.807, 2.05) is 57.2 Å². The van der Waals surface area contributed by atoms with Crippen LogP contribution in [0.3, 0.4) is 0 Å². The fraction of sp³-hybridized carbons (Fsp3) is 0.0649. The van der Waals surface area contributed by atoms with Gasteiger partial charge in [-0.15, -0.1) is 0 Å². The predicted molar refractivity (Wildman–Crippen MR) is 338 cm³/mol. The average molecular weight is 1080 g/mol. The first-order valence-electron chi connectivity index (χ1n) is 39.0. The summed E-state index contributed by atoms with van der Waals surface area (Å²) in [6.45, 7) is 3.06. The van der Waals surface area contributed by atoms with Gasteiger partial charge >= 0.3 is 0 Å². The summed E-state index contributed by atoms with van der Waals surface area (Å²) in [7, 11) is 0. The van der Waals surface area contributed by atoms with Gasteiger partial charge in [0, 0.05) is 32.7 Å². The van der Waals surface area contributed by atoms with Crippen molar-refractivity contribution < 1.29 is 44.9 Å². The molecule has 0 spiro atoms. The van der Waals surface area contributed by atoms with E-state index in [4.69, 9.17) is 33.0 Å². The summed E-state index contributed by atoms with van der Waals surface area (Å²) < 4.78 is 246. The van der Waals surface area contributed by atoms with Gasteiger partial charge in [0.1, 0.15) is 17.3 Å². The van der Waals surface area contributed by atoms with Gasteiger partial charge in [0.15, 0.2) is 0 Å². The summed E-state index contributed by atoms with van der Waals surface area (Å²) in [5.41, 5.74) is -1.57. The topological polar surface area (TPSA) is 35.9 Å². The maximum absolute atomic E-state index is 10.5. The third kappa shape index (κ3) is 9.32. The van der Waals surface area contributed by atoms with Crippen molar-refractivity contribution in [1.82, 2.24) is 14.1 Å². The Morgan fingerprint density at radius 3 is 1.74 bits per heavy atom. The molecule has 3 aromatic heterocycles. The van der Waals surface area contributed by atoms with Crippen molar-refractivity contribution in [1.29, 1.82) is 0 Å². The smallest absolute Gasteiger partial charge is 0.269 e. The van der Waals surface area contributed by atoms with Gasteiger partial charge in [-0.05, 0) is 157 Å². The fourth-order valence-electron chi connectivity index (χ4n) is 10.2. The van der Waals surface area contributed by atoms with E-state index in [9.17, 15) is 12.3 Å². The summed E-state index contributed by atoms with van der Waals surface area (Å²) >= 11 is 0. The molecule has 0 atom stereocenters. The lowest BCUT2D eigenvalue weighted by Gasteiger charge is -2.23. The Labute approximate surface area is 515 Å². The highest BCUT2D eigenvalue weighted by Gasteiger charge is 2.24. The highest BCUT2D eigenvalue weighted by atomic mass is 16.5. The standard InChI is InChI=1S/C77H58N4O/c1-52-41-75(78-50-70(52)56-29-15-8-16-30-56)81-71-36-18-17-35-66(71)67-40-39-65(49-74(67)81)82-64-34-22-33-63(48-64)79-51-80(73-38-20-19-37-72(73)79)76-68(57-31-21-32-62(45-57)77(2,3)4)46-60(55-27-13-7-14-28-55)47-69(76)61-43-58(53-23-9-5-10-24-53)42-59(44-61)54-25-11-6-12-26-54/h5-50H,1-4H3/i1D3,5D,6D,7D,8D,9D,10D,11D,12D,13D,14D,15D,16D,23D,24D,25D,26D,27D,28D,29D,30D,42D,43D,44D. The maximum atomic E-state index is 10.5. The molecule has 0 aliphatic heterocycles. The Bertz CT molecular complexity index is 6040. The summed E-state index contributed by atoms with van der Waals surface area (Å²) in [4.78, 5) is 4.71. The molecule has 0 bridgehead atoms. The van der Waals surface area contributed by atoms with E-state index in [0.717, 1.165) is 10.9 Å². The van der Waals surface area contributed by atoms with Crippen LogP contribution in [0.1, 0.15) is 67.5 Å². The molecule has 0 saturated heterocycles. The number of para-hydroxylation sites is 3. The van der Waals surface area contributed by atoms with E-state index in [0.29, 0.717) is 44.5 Å². The van der Waals surface area contributed by atoms with Crippen LogP contribution in [0.25, 0.3) is 117 Å². The number of ether oxygens (including phenoxy) is 1. The van der Waals surface area contributed by atoms with Crippen LogP contribution in [0.4, 0.5) is 0 Å². The van der Waals surface area contributed by atoms with Crippen molar-refractivity contribution in [3.63, 3.8) is 0 Å². The summed E-state index contributed by atoms with van der Waals surface area (Å²) in [5, 5.41) is 1.46. The van der Waals surface area contributed by atoms with E-state index in [1.54, 1.807) is 98.6 Å². The lowest BCUT2D eigenvalue weighted by molar-refractivity contribution is -0.571. The monoisotopic (exact) mass is 1080 g/mol. The zero-order valence-corrected chi connectivity index (χ0v) is 44.0. The molecule has 82 heavy (non-hydrogen) atoms. The first-order valence-corrected chi connectivity index (χ1v) is 26.0. The summed E-state index contributed by atoms with van der Waals surface area (Å²) in [5.74, 6) is 0.688. The molecule has 0 N–H and O–H groups in total. The van der Waals surface area contributed by atoms with Crippen molar-refractivity contribution in [3.8, 4) is 95.5 Å². The second-order valence-electron chi connectivity index (χ2n) is 20.2. The van der Waals surface area contributed by atoms with Crippen LogP contribution in [-0.4, -0.2) is 14.1 Å². The lowest BCUT2D eigenvalue weighted by atomic mass is 9.84. The Morgan fingerprint density at radius 2 is 1.06 bits per heavy atom. The lowest BCUT2D eigenvalue weighted by Crippen LogP contribution is -2.31. The first kappa shape index (κ1) is 29.2. The molecule has 0 aliphatic rings. The zero-order chi connectivity index (χ0) is 77.8. The third-order valence-corrected chi connectivity index (χ3v) is 14.1. The molecule has 0 amide bonds. The second kappa shape index (κ2) is 20.7. The summed E-state index contributed by atoms with van der Waals surface area (Å²) in [6, 6.07) is 20.1. The van der Waals surface area contributed by atoms with Gasteiger partial charge in [-0.25, -0.2) is 4.98 Å². The van der Waals surface area contributed by atoms with Crippen LogP contribution < -0.4 is 9.30 Å². The number of aromatic nitrogens is 4. The minimum atomic E-state index is -2.87. The number of pyridine rings is 1.